The van der Waals surface area contributed by atoms with E-state index in [9.17, 15) is 0 Å². The molecule has 0 bridgehead atoms. The van der Waals surface area contributed by atoms with Gasteiger partial charge in [-0.25, -0.2) is 0 Å². The van der Waals surface area contributed by atoms with Gasteiger partial charge in [0.25, 0.3) is 0 Å². The molecule has 1 saturated heterocycles. The molecule has 1 heterocycles. The average Bonchev–Trinajstić information content (AvgIpc) is 2.41. The first-order valence-electron chi connectivity index (χ1n) is 6.97. The molecule has 1 aliphatic rings. The number of hydrogen-bond acceptors (Lipinski definition) is 3. The van der Waals surface area contributed by atoms with Crippen molar-refractivity contribution in [2.24, 2.45) is 0 Å². The fourth-order valence-electron chi connectivity index (χ4n) is 2.64. The fourth-order valence-corrected chi connectivity index (χ4v) is 4.16. The van der Waals surface area contributed by atoms with Gasteiger partial charge in [-0.15, -0.1) is 0 Å². The van der Waals surface area contributed by atoms with Crippen molar-refractivity contribution < 1.29 is 0 Å². The molecule has 1 N–H and O–H groups in total. The van der Waals surface area contributed by atoms with Crippen LogP contribution in [0.3, 0.4) is 0 Å². The number of halogens is 1. The van der Waals surface area contributed by atoms with Crippen LogP contribution >= 0.6 is 23.4 Å². The van der Waals surface area contributed by atoms with Crippen LogP contribution in [-0.2, 0) is 6.42 Å². The van der Waals surface area contributed by atoms with E-state index in [0.717, 1.165) is 18.0 Å². The van der Waals surface area contributed by atoms with Gasteiger partial charge in [0.05, 0.1) is 0 Å². The molecule has 1 aromatic rings. The van der Waals surface area contributed by atoms with Gasteiger partial charge >= 0.3 is 0 Å². The van der Waals surface area contributed by atoms with Crippen LogP contribution in [0, 0.1) is 0 Å². The van der Waals surface area contributed by atoms with E-state index in [4.69, 9.17) is 11.6 Å². The van der Waals surface area contributed by atoms with E-state index in [1.54, 1.807) is 0 Å². The normalized spacial score (nSPS) is 22.4. The number of nitrogens with one attached hydrogen (secondary N) is 1. The SMILES string of the molecule is CCNC(Cc1ccccc1Cl)C1CSCCN1C. The first-order valence-corrected chi connectivity index (χ1v) is 8.50. The Morgan fingerprint density at radius 3 is 2.95 bits per heavy atom. The average molecular weight is 299 g/mol. The zero-order valence-electron chi connectivity index (χ0n) is 11.7. The first kappa shape index (κ1) is 15.2. The van der Waals surface area contributed by atoms with Gasteiger partial charge in [-0.3, -0.25) is 0 Å². The molecule has 0 aromatic heterocycles. The zero-order chi connectivity index (χ0) is 13.7. The number of hydrogen-bond donors (Lipinski definition) is 1. The molecular weight excluding hydrogens is 276 g/mol. The predicted molar refractivity (Wildman–Crippen MR) is 86.4 cm³/mol. The lowest BCUT2D eigenvalue weighted by molar-refractivity contribution is 0.215. The zero-order valence-corrected chi connectivity index (χ0v) is 13.3. The van der Waals surface area contributed by atoms with Crippen LogP contribution in [0.15, 0.2) is 24.3 Å². The fraction of sp³-hybridized carbons (Fsp3) is 0.600. The van der Waals surface area contributed by atoms with E-state index in [2.05, 4.69) is 48.1 Å². The van der Waals surface area contributed by atoms with Crippen molar-refractivity contribution in [2.45, 2.75) is 25.4 Å². The lowest BCUT2D eigenvalue weighted by Crippen LogP contribution is -2.53. The maximum Gasteiger partial charge on any atom is 0.0438 e. The molecule has 1 aromatic carbocycles. The Balaban J connectivity index is 2.09. The predicted octanol–water partition coefficient (Wildman–Crippen LogP) is 2.91. The Morgan fingerprint density at radius 1 is 1.47 bits per heavy atom. The minimum atomic E-state index is 0.475. The van der Waals surface area contributed by atoms with Gasteiger partial charge in [0.15, 0.2) is 0 Å². The smallest absolute Gasteiger partial charge is 0.0438 e. The molecule has 19 heavy (non-hydrogen) atoms. The summed E-state index contributed by atoms with van der Waals surface area (Å²) in [6, 6.07) is 9.26. The van der Waals surface area contributed by atoms with Crippen LogP contribution < -0.4 is 5.32 Å². The number of benzene rings is 1. The summed E-state index contributed by atoms with van der Waals surface area (Å²) in [4.78, 5) is 2.49. The third-order valence-corrected chi connectivity index (χ3v) is 5.19. The van der Waals surface area contributed by atoms with Crippen LogP contribution in [0.2, 0.25) is 5.02 Å². The van der Waals surface area contributed by atoms with Crippen molar-refractivity contribution in [1.82, 2.24) is 10.2 Å². The Hall–Kier alpha value is -0.220. The molecule has 2 rings (SSSR count). The molecule has 1 aliphatic heterocycles. The molecule has 0 aliphatic carbocycles. The summed E-state index contributed by atoms with van der Waals surface area (Å²) in [5.74, 6) is 2.45. The summed E-state index contributed by atoms with van der Waals surface area (Å²) in [5.41, 5.74) is 1.25. The molecule has 0 amide bonds. The van der Waals surface area contributed by atoms with Gasteiger partial charge in [-0.1, -0.05) is 36.7 Å². The van der Waals surface area contributed by atoms with E-state index < -0.39 is 0 Å². The van der Waals surface area contributed by atoms with Crippen molar-refractivity contribution in [2.75, 3.05) is 31.6 Å². The largest absolute Gasteiger partial charge is 0.312 e. The van der Waals surface area contributed by atoms with Crippen molar-refractivity contribution in [3.05, 3.63) is 34.9 Å². The maximum atomic E-state index is 6.30. The number of thioether (sulfide) groups is 1. The summed E-state index contributed by atoms with van der Waals surface area (Å²) in [6.45, 7) is 4.36. The number of rotatable bonds is 5. The standard InChI is InChI=1S/C15H23ClN2S/c1-3-17-14(15-11-19-9-8-18(15)2)10-12-6-4-5-7-13(12)16/h4-7,14-15,17H,3,8-11H2,1-2H3. The van der Waals surface area contributed by atoms with Gasteiger partial charge in [0.1, 0.15) is 0 Å². The second-order valence-corrected chi connectivity index (χ2v) is 6.64. The van der Waals surface area contributed by atoms with Gasteiger partial charge in [0.2, 0.25) is 0 Å². The minimum Gasteiger partial charge on any atom is -0.312 e. The molecule has 2 unspecified atom stereocenters. The minimum absolute atomic E-state index is 0.475. The quantitative estimate of drug-likeness (QED) is 0.900. The molecular formula is C15H23ClN2S. The highest BCUT2D eigenvalue weighted by molar-refractivity contribution is 7.99. The second-order valence-electron chi connectivity index (χ2n) is 5.08. The summed E-state index contributed by atoms with van der Waals surface area (Å²) < 4.78 is 0. The van der Waals surface area contributed by atoms with Crippen LogP contribution in [0.25, 0.3) is 0 Å². The Kier molecular flexibility index (Phi) is 6.02. The summed E-state index contributed by atoms with van der Waals surface area (Å²) in [5, 5.41) is 4.53. The highest BCUT2D eigenvalue weighted by atomic mass is 35.5. The summed E-state index contributed by atoms with van der Waals surface area (Å²) in [7, 11) is 2.24. The Bertz CT molecular complexity index is 399. The lowest BCUT2D eigenvalue weighted by atomic mass is 9.99. The third-order valence-electron chi connectivity index (χ3n) is 3.77. The van der Waals surface area contributed by atoms with Crippen LogP contribution in [-0.4, -0.2) is 48.6 Å². The number of nitrogens with zero attached hydrogens (tertiary/aromatic N) is 1. The van der Waals surface area contributed by atoms with Crippen molar-refractivity contribution in [3.63, 3.8) is 0 Å². The van der Waals surface area contributed by atoms with Gasteiger partial charge in [0, 0.05) is 35.2 Å². The molecule has 1 fully saturated rings. The highest BCUT2D eigenvalue weighted by Crippen LogP contribution is 2.22. The molecule has 0 spiro atoms. The van der Waals surface area contributed by atoms with E-state index in [1.165, 1.54) is 23.6 Å². The lowest BCUT2D eigenvalue weighted by Gasteiger charge is -2.38. The third kappa shape index (κ3) is 4.12. The molecule has 0 radical (unpaired) electrons. The van der Waals surface area contributed by atoms with Crippen molar-refractivity contribution in [1.29, 1.82) is 0 Å². The van der Waals surface area contributed by atoms with Crippen molar-refractivity contribution >= 4 is 23.4 Å². The van der Waals surface area contributed by atoms with E-state index in [0.29, 0.717) is 12.1 Å². The van der Waals surface area contributed by atoms with Crippen LogP contribution in [0.4, 0.5) is 0 Å². The number of likely N-dealkylation sites (N-methyl/N-ethyl adjacent to an activating group) is 2. The van der Waals surface area contributed by atoms with Crippen LogP contribution in [0.5, 0.6) is 0 Å². The summed E-state index contributed by atoms with van der Waals surface area (Å²) in [6.07, 6.45) is 1.00. The van der Waals surface area contributed by atoms with Crippen LogP contribution in [0.1, 0.15) is 12.5 Å². The molecule has 106 valence electrons. The van der Waals surface area contributed by atoms with Gasteiger partial charge in [-0.05, 0) is 31.6 Å². The van der Waals surface area contributed by atoms with Gasteiger partial charge in [-0.2, -0.15) is 11.8 Å². The van der Waals surface area contributed by atoms with Gasteiger partial charge < -0.3 is 10.2 Å². The Labute approximate surface area is 125 Å². The maximum absolute atomic E-state index is 6.30. The van der Waals surface area contributed by atoms with E-state index >= 15 is 0 Å². The molecule has 2 nitrogen and oxygen atoms in total. The highest BCUT2D eigenvalue weighted by Gasteiger charge is 2.27. The first-order chi connectivity index (χ1) is 9.22. The van der Waals surface area contributed by atoms with E-state index in [1.807, 2.05) is 12.1 Å². The second kappa shape index (κ2) is 7.53. The van der Waals surface area contributed by atoms with E-state index in [-0.39, 0.29) is 0 Å². The van der Waals surface area contributed by atoms with Crippen molar-refractivity contribution in [3.8, 4) is 0 Å². The molecule has 4 heteroatoms. The summed E-state index contributed by atoms with van der Waals surface area (Å²) >= 11 is 8.36. The monoisotopic (exact) mass is 298 g/mol. The molecule has 2 atom stereocenters. The molecule has 0 saturated carbocycles. The Morgan fingerprint density at radius 2 is 2.26 bits per heavy atom. The topological polar surface area (TPSA) is 15.3 Å².